The Balaban J connectivity index is 2.43. The normalized spacial score (nSPS) is 17.1. The van der Waals surface area contributed by atoms with E-state index in [4.69, 9.17) is 0 Å². The Morgan fingerprint density at radius 1 is 1.38 bits per heavy atom. The fourth-order valence-corrected chi connectivity index (χ4v) is 1.30. The van der Waals surface area contributed by atoms with E-state index in [1.165, 1.54) is 6.34 Å². The van der Waals surface area contributed by atoms with Crippen LogP contribution in [0.2, 0.25) is 0 Å². The first-order chi connectivity index (χ1) is 7.68. The summed E-state index contributed by atoms with van der Waals surface area (Å²) in [6.07, 6.45) is 3.02. The van der Waals surface area contributed by atoms with Crippen LogP contribution in [0.25, 0.3) is 0 Å². The largest absolute Gasteiger partial charge is 0.508 e. The molecule has 4 heteroatoms. The molecule has 2 rings (SSSR count). The standard InChI is InChI=1S/C12H11N3O/c1-8-6-13-7-14-12(8)15-10-4-3-5-11(16)9(10)2/h3-7,16H,1H2,2H3. The van der Waals surface area contributed by atoms with Crippen molar-refractivity contribution in [3.63, 3.8) is 0 Å². The molecule has 1 N–H and O–H groups in total. The Bertz CT molecular complexity index is 527. The second-order valence-electron chi connectivity index (χ2n) is 3.40. The van der Waals surface area contributed by atoms with Crippen LogP contribution in [0.4, 0.5) is 5.69 Å². The molecule has 1 aromatic carbocycles. The van der Waals surface area contributed by atoms with Crippen molar-refractivity contribution in [1.29, 1.82) is 0 Å². The minimum absolute atomic E-state index is 0.223. The van der Waals surface area contributed by atoms with Gasteiger partial charge in [0.2, 0.25) is 0 Å². The lowest BCUT2D eigenvalue weighted by molar-refractivity contribution is 0.471. The maximum atomic E-state index is 9.54. The van der Waals surface area contributed by atoms with Crippen LogP contribution >= 0.6 is 0 Å². The summed E-state index contributed by atoms with van der Waals surface area (Å²) in [5, 5.41) is 9.54. The summed E-state index contributed by atoms with van der Waals surface area (Å²) in [6.45, 7) is 5.59. The summed E-state index contributed by atoms with van der Waals surface area (Å²) in [4.78, 5) is 12.2. The van der Waals surface area contributed by atoms with Crippen molar-refractivity contribution in [2.75, 3.05) is 0 Å². The van der Waals surface area contributed by atoms with Crippen LogP contribution in [0.15, 0.2) is 45.3 Å². The van der Waals surface area contributed by atoms with Gasteiger partial charge < -0.3 is 5.11 Å². The molecule has 0 radical (unpaired) electrons. The van der Waals surface area contributed by atoms with Crippen molar-refractivity contribution in [2.45, 2.75) is 6.92 Å². The molecule has 16 heavy (non-hydrogen) atoms. The zero-order valence-corrected chi connectivity index (χ0v) is 8.88. The van der Waals surface area contributed by atoms with Gasteiger partial charge in [0.05, 0.1) is 5.69 Å². The highest BCUT2D eigenvalue weighted by atomic mass is 16.3. The molecule has 0 fully saturated rings. The van der Waals surface area contributed by atoms with Crippen LogP contribution in [0.3, 0.4) is 0 Å². The van der Waals surface area contributed by atoms with Crippen molar-refractivity contribution in [3.8, 4) is 5.75 Å². The first-order valence-corrected chi connectivity index (χ1v) is 4.81. The molecule has 0 aliphatic carbocycles. The molecular formula is C12H11N3O. The summed E-state index contributed by atoms with van der Waals surface area (Å²) in [5.41, 5.74) is 2.06. The summed E-state index contributed by atoms with van der Waals surface area (Å²) in [6, 6.07) is 5.18. The van der Waals surface area contributed by atoms with Gasteiger partial charge in [-0.25, -0.2) is 15.0 Å². The van der Waals surface area contributed by atoms with Gasteiger partial charge in [-0.2, -0.15) is 0 Å². The smallest absolute Gasteiger partial charge is 0.162 e. The van der Waals surface area contributed by atoms with E-state index >= 15 is 0 Å². The third-order valence-corrected chi connectivity index (χ3v) is 2.27. The van der Waals surface area contributed by atoms with Crippen LogP contribution in [0.1, 0.15) is 5.56 Å². The zero-order valence-electron chi connectivity index (χ0n) is 8.88. The Hall–Kier alpha value is -2.23. The average Bonchev–Trinajstić information content (AvgIpc) is 2.28. The lowest BCUT2D eigenvalue weighted by Gasteiger charge is -2.06. The Labute approximate surface area is 93.4 Å². The lowest BCUT2D eigenvalue weighted by atomic mass is 10.2. The second-order valence-corrected chi connectivity index (χ2v) is 3.40. The van der Waals surface area contributed by atoms with Crippen molar-refractivity contribution in [2.24, 2.45) is 15.0 Å². The molecule has 1 aliphatic rings. The predicted octanol–water partition coefficient (Wildman–Crippen LogP) is 2.40. The molecule has 0 amide bonds. The SMILES string of the molecule is C=C1C=NC=NC1=Nc1cccc(O)c1C. The zero-order chi connectivity index (χ0) is 11.5. The third kappa shape index (κ3) is 1.91. The number of amidine groups is 1. The Kier molecular flexibility index (Phi) is 2.64. The molecule has 1 aromatic rings. The molecule has 0 atom stereocenters. The molecular weight excluding hydrogens is 202 g/mol. The van der Waals surface area contributed by atoms with Gasteiger partial charge in [-0.1, -0.05) is 12.6 Å². The fraction of sp³-hybridized carbons (Fsp3) is 0.0833. The fourth-order valence-electron chi connectivity index (χ4n) is 1.30. The minimum atomic E-state index is 0.223. The van der Waals surface area contributed by atoms with Crippen molar-refractivity contribution in [1.82, 2.24) is 0 Å². The molecule has 4 nitrogen and oxygen atoms in total. The number of aromatic hydroxyl groups is 1. The predicted molar refractivity (Wildman–Crippen MR) is 66.1 cm³/mol. The summed E-state index contributed by atoms with van der Waals surface area (Å²) < 4.78 is 0. The number of phenolic OH excluding ortho intramolecular Hbond substituents is 1. The monoisotopic (exact) mass is 213 g/mol. The van der Waals surface area contributed by atoms with Crippen LogP contribution in [0.5, 0.6) is 5.75 Å². The van der Waals surface area contributed by atoms with E-state index in [0.717, 1.165) is 5.56 Å². The van der Waals surface area contributed by atoms with Crippen LogP contribution in [0, 0.1) is 6.92 Å². The molecule has 0 saturated heterocycles. The highest BCUT2D eigenvalue weighted by Crippen LogP contribution is 2.27. The van der Waals surface area contributed by atoms with Gasteiger partial charge in [0.1, 0.15) is 12.1 Å². The number of aliphatic imine (C=N–C) groups is 3. The first kappa shape index (κ1) is 10.3. The first-order valence-electron chi connectivity index (χ1n) is 4.81. The number of phenols is 1. The van der Waals surface area contributed by atoms with E-state index in [-0.39, 0.29) is 5.75 Å². The van der Waals surface area contributed by atoms with Crippen LogP contribution in [-0.4, -0.2) is 23.5 Å². The van der Waals surface area contributed by atoms with Crippen molar-refractivity contribution >= 4 is 24.1 Å². The van der Waals surface area contributed by atoms with Gasteiger partial charge in [0.15, 0.2) is 5.84 Å². The minimum Gasteiger partial charge on any atom is -0.508 e. The summed E-state index contributed by atoms with van der Waals surface area (Å²) in [7, 11) is 0. The van der Waals surface area contributed by atoms with Crippen LogP contribution in [-0.2, 0) is 0 Å². The Morgan fingerprint density at radius 2 is 2.19 bits per heavy atom. The van der Waals surface area contributed by atoms with Crippen molar-refractivity contribution in [3.05, 3.63) is 35.9 Å². The molecule has 80 valence electrons. The summed E-state index contributed by atoms with van der Waals surface area (Å²) in [5.74, 6) is 0.740. The van der Waals surface area contributed by atoms with Gasteiger partial charge in [-0.15, -0.1) is 0 Å². The number of rotatable bonds is 1. The van der Waals surface area contributed by atoms with Gasteiger partial charge in [0, 0.05) is 17.4 Å². The molecule has 0 spiro atoms. The topological polar surface area (TPSA) is 57.3 Å². The lowest BCUT2D eigenvalue weighted by Crippen LogP contribution is -2.04. The highest BCUT2D eigenvalue weighted by molar-refractivity contribution is 6.20. The van der Waals surface area contributed by atoms with Crippen molar-refractivity contribution < 1.29 is 5.11 Å². The van der Waals surface area contributed by atoms with Gasteiger partial charge in [-0.05, 0) is 19.1 Å². The molecule has 0 saturated carbocycles. The van der Waals surface area contributed by atoms with E-state index in [1.807, 2.05) is 6.07 Å². The maximum Gasteiger partial charge on any atom is 0.162 e. The molecule has 0 unspecified atom stereocenters. The second kappa shape index (κ2) is 4.10. The van der Waals surface area contributed by atoms with E-state index in [9.17, 15) is 5.11 Å². The number of nitrogens with zero attached hydrogens (tertiary/aromatic N) is 3. The average molecular weight is 213 g/mol. The molecule has 0 bridgehead atoms. The van der Waals surface area contributed by atoms with E-state index < -0.39 is 0 Å². The van der Waals surface area contributed by atoms with Gasteiger partial charge in [-0.3, -0.25) is 0 Å². The Morgan fingerprint density at radius 3 is 2.94 bits per heavy atom. The highest BCUT2D eigenvalue weighted by Gasteiger charge is 2.06. The molecule has 1 heterocycles. The third-order valence-electron chi connectivity index (χ3n) is 2.27. The number of hydrogen-bond donors (Lipinski definition) is 1. The quantitative estimate of drug-likeness (QED) is 0.765. The molecule has 0 aromatic heterocycles. The maximum absolute atomic E-state index is 9.54. The van der Waals surface area contributed by atoms with Gasteiger partial charge in [0.25, 0.3) is 0 Å². The van der Waals surface area contributed by atoms with Gasteiger partial charge >= 0.3 is 0 Å². The number of benzene rings is 1. The van der Waals surface area contributed by atoms with E-state index in [2.05, 4.69) is 21.6 Å². The number of hydrogen-bond acceptors (Lipinski definition) is 3. The van der Waals surface area contributed by atoms with E-state index in [1.54, 1.807) is 25.3 Å². The molecule has 1 aliphatic heterocycles. The van der Waals surface area contributed by atoms with Crippen LogP contribution < -0.4 is 0 Å². The van der Waals surface area contributed by atoms with E-state index in [0.29, 0.717) is 17.1 Å². The summed E-state index contributed by atoms with van der Waals surface area (Å²) >= 11 is 0.